The average Bonchev–Trinajstić information content (AvgIpc) is 3.20. The van der Waals surface area contributed by atoms with Crippen LogP contribution in [-0.4, -0.2) is 32.3 Å². The summed E-state index contributed by atoms with van der Waals surface area (Å²) in [5.74, 6) is 2.05. The summed E-state index contributed by atoms with van der Waals surface area (Å²) in [6, 6.07) is 14.9. The van der Waals surface area contributed by atoms with Gasteiger partial charge in [0.2, 0.25) is 0 Å². The number of aryl methyl sites for hydroxylation is 2. The Labute approximate surface area is 157 Å². The first-order valence-corrected chi connectivity index (χ1v) is 9.37. The third-order valence-electron chi connectivity index (χ3n) is 5.37. The monoisotopic (exact) mass is 361 g/mol. The van der Waals surface area contributed by atoms with E-state index < -0.39 is 0 Å². The van der Waals surface area contributed by atoms with Crippen LogP contribution in [0.15, 0.2) is 42.5 Å². The van der Waals surface area contributed by atoms with Gasteiger partial charge in [-0.3, -0.25) is 0 Å². The lowest BCUT2D eigenvalue weighted by Gasteiger charge is -2.26. The number of hydrogen-bond donors (Lipinski definition) is 1. The van der Waals surface area contributed by atoms with E-state index in [0.29, 0.717) is 13.2 Å². The Balaban J connectivity index is 1.36. The number of nitrogens with one attached hydrogen (secondary N) is 1. The van der Waals surface area contributed by atoms with Crippen molar-refractivity contribution in [1.82, 2.24) is 24.4 Å². The zero-order chi connectivity index (χ0) is 18.4. The standard InChI is InChI=1S/C21H23N5O/c1-14-7-8-19-17(9-14)24-21-13-27-12-15(26(19)21)10-22-11-20-23-16-5-3-4-6-18(16)25(20)2/h3-9,15,22H,10-13H2,1-2H3. The first-order valence-electron chi connectivity index (χ1n) is 9.37. The Hall–Kier alpha value is -2.70. The highest BCUT2D eigenvalue weighted by molar-refractivity contribution is 5.77. The fourth-order valence-corrected chi connectivity index (χ4v) is 3.98. The fraction of sp³-hybridized carbons (Fsp3) is 0.333. The van der Waals surface area contributed by atoms with Crippen LogP contribution in [0.25, 0.3) is 22.1 Å². The van der Waals surface area contributed by atoms with Gasteiger partial charge < -0.3 is 19.2 Å². The van der Waals surface area contributed by atoms with Crippen LogP contribution in [0.4, 0.5) is 0 Å². The Morgan fingerprint density at radius 3 is 2.89 bits per heavy atom. The number of benzene rings is 2. The lowest BCUT2D eigenvalue weighted by molar-refractivity contribution is 0.0563. The highest BCUT2D eigenvalue weighted by atomic mass is 16.5. The first-order chi connectivity index (χ1) is 13.2. The summed E-state index contributed by atoms with van der Waals surface area (Å²) in [6.07, 6.45) is 0. The number of fused-ring (bicyclic) bond motifs is 4. The molecule has 1 N–H and O–H groups in total. The zero-order valence-electron chi connectivity index (χ0n) is 15.6. The minimum absolute atomic E-state index is 0.233. The maximum atomic E-state index is 5.80. The molecule has 0 aliphatic carbocycles. The van der Waals surface area contributed by atoms with Crippen molar-refractivity contribution in [1.29, 1.82) is 0 Å². The molecule has 1 aliphatic heterocycles. The summed E-state index contributed by atoms with van der Waals surface area (Å²) in [4.78, 5) is 9.51. The second-order valence-corrected chi connectivity index (χ2v) is 7.27. The molecule has 27 heavy (non-hydrogen) atoms. The molecule has 0 bridgehead atoms. The normalized spacial score (nSPS) is 16.9. The van der Waals surface area contributed by atoms with Crippen molar-refractivity contribution >= 4 is 22.1 Å². The van der Waals surface area contributed by atoms with Crippen LogP contribution in [0, 0.1) is 6.92 Å². The van der Waals surface area contributed by atoms with Crippen LogP contribution >= 0.6 is 0 Å². The third-order valence-corrected chi connectivity index (χ3v) is 5.37. The van der Waals surface area contributed by atoms with Crippen LogP contribution in [-0.2, 0) is 24.9 Å². The number of aromatic nitrogens is 4. The second kappa shape index (κ2) is 6.48. The van der Waals surface area contributed by atoms with Crippen molar-refractivity contribution < 1.29 is 4.74 Å². The molecular weight excluding hydrogens is 338 g/mol. The van der Waals surface area contributed by atoms with Gasteiger partial charge in [0.1, 0.15) is 18.3 Å². The van der Waals surface area contributed by atoms with Crippen LogP contribution in [0.1, 0.15) is 23.3 Å². The number of imidazole rings is 2. The predicted octanol–water partition coefficient (Wildman–Crippen LogP) is 3.09. The lowest BCUT2D eigenvalue weighted by atomic mass is 10.2. The Morgan fingerprint density at radius 1 is 1.11 bits per heavy atom. The van der Waals surface area contributed by atoms with E-state index in [1.807, 2.05) is 12.1 Å². The van der Waals surface area contributed by atoms with E-state index in [2.05, 4.69) is 58.8 Å². The molecule has 6 heteroatoms. The molecule has 1 unspecified atom stereocenters. The number of ether oxygens (including phenoxy) is 1. The summed E-state index contributed by atoms with van der Waals surface area (Å²) >= 11 is 0. The Bertz CT molecular complexity index is 1130. The molecule has 0 amide bonds. The topological polar surface area (TPSA) is 56.9 Å². The highest BCUT2D eigenvalue weighted by Gasteiger charge is 2.24. The van der Waals surface area contributed by atoms with E-state index in [1.165, 1.54) is 11.1 Å². The van der Waals surface area contributed by atoms with E-state index in [1.54, 1.807) is 0 Å². The quantitative estimate of drug-likeness (QED) is 0.607. The molecule has 6 nitrogen and oxygen atoms in total. The van der Waals surface area contributed by atoms with Crippen LogP contribution in [0.5, 0.6) is 0 Å². The van der Waals surface area contributed by atoms with E-state index in [4.69, 9.17) is 14.7 Å². The number of para-hydroxylation sites is 2. The predicted molar refractivity (Wildman–Crippen MR) is 106 cm³/mol. The molecular formula is C21H23N5O. The average molecular weight is 361 g/mol. The number of hydrogen-bond acceptors (Lipinski definition) is 4. The number of rotatable bonds is 4. The molecule has 0 radical (unpaired) electrons. The van der Waals surface area contributed by atoms with Gasteiger partial charge in [0, 0.05) is 13.6 Å². The maximum Gasteiger partial charge on any atom is 0.136 e. The minimum atomic E-state index is 0.233. The summed E-state index contributed by atoms with van der Waals surface area (Å²) in [5, 5.41) is 3.57. The number of nitrogens with zero attached hydrogens (tertiary/aromatic N) is 4. The maximum absolute atomic E-state index is 5.80. The summed E-state index contributed by atoms with van der Waals surface area (Å²) < 4.78 is 10.3. The lowest BCUT2D eigenvalue weighted by Crippen LogP contribution is -2.33. The van der Waals surface area contributed by atoms with Crippen molar-refractivity contribution in [2.45, 2.75) is 26.1 Å². The fourth-order valence-electron chi connectivity index (χ4n) is 3.98. The van der Waals surface area contributed by atoms with Gasteiger partial charge in [-0.25, -0.2) is 9.97 Å². The van der Waals surface area contributed by atoms with Gasteiger partial charge in [0.25, 0.3) is 0 Å². The van der Waals surface area contributed by atoms with E-state index in [0.717, 1.165) is 41.3 Å². The van der Waals surface area contributed by atoms with Crippen molar-refractivity contribution in [2.24, 2.45) is 7.05 Å². The largest absolute Gasteiger partial charge is 0.371 e. The molecule has 0 spiro atoms. The molecule has 4 aromatic rings. The van der Waals surface area contributed by atoms with E-state index in [-0.39, 0.29) is 6.04 Å². The summed E-state index contributed by atoms with van der Waals surface area (Å²) in [7, 11) is 2.07. The Kier molecular flexibility index (Phi) is 3.95. The SMILES string of the molecule is Cc1ccc2c(c1)nc1n2C(CNCc2nc3ccccc3n2C)COC1. The molecule has 3 heterocycles. The Morgan fingerprint density at radius 2 is 2.00 bits per heavy atom. The zero-order valence-corrected chi connectivity index (χ0v) is 15.6. The van der Waals surface area contributed by atoms with Crippen molar-refractivity contribution in [2.75, 3.05) is 13.2 Å². The summed E-state index contributed by atoms with van der Waals surface area (Å²) in [6.45, 7) is 4.92. The van der Waals surface area contributed by atoms with Gasteiger partial charge in [-0.15, -0.1) is 0 Å². The molecule has 0 fully saturated rings. The van der Waals surface area contributed by atoms with Crippen LogP contribution in [0.2, 0.25) is 0 Å². The van der Waals surface area contributed by atoms with Gasteiger partial charge in [-0.1, -0.05) is 18.2 Å². The molecule has 1 aliphatic rings. The van der Waals surface area contributed by atoms with E-state index in [9.17, 15) is 0 Å². The molecule has 5 rings (SSSR count). The van der Waals surface area contributed by atoms with Crippen LogP contribution < -0.4 is 5.32 Å². The van der Waals surface area contributed by atoms with E-state index >= 15 is 0 Å². The van der Waals surface area contributed by atoms with Crippen LogP contribution in [0.3, 0.4) is 0 Å². The van der Waals surface area contributed by atoms with Crippen molar-refractivity contribution in [3.05, 3.63) is 59.7 Å². The van der Waals surface area contributed by atoms with Gasteiger partial charge in [0.15, 0.2) is 0 Å². The molecule has 0 saturated carbocycles. The minimum Gasteiger partial charge on any atom is -0.371 e. The summed E-state index contributed by atoms with van der Waals surface area (Å²) in [5.41, 5.74) is 5.67. The molecule has 1 atom stereocenters. The highest BCUT2D eigenvalue weighted by Crippen LogP contribution is 2.26. The molecule has 2 aromatic heterocycles. The molecule has 2 aromatic carbocycles. The van der Waals surface area contributed by atoms with Gasteiger partial charge in [-0.05, 0) is 36.8 Å². The molecule has 138 valence electrons. The van der Waals surface area contributed by atoms with Gasteiger partial charge in [0.05, 0.1) is 41.3 Å². The third kappa shape index (κ3) is 2.81. The smallest absolute Gasteiger partial charge is 0.136 e. The first kappa shape index (κ1) is 16.5. The van der Waals surface area contributed by atoms with Gasteiger partial charge >= 0.3 is 0 Å². The second-order valence-electron chi connectivity index (χ2n) is 7.27. The van der Waals surface area contributed by atoms with Crippen molar-refractivity contribution in [3.63, 3.8) is 0 Å². The van der Waals surface area contributed by atoms with Crippen molar-refractivity contribution in [3.8, 4) is 0 Å². The molecule has 0 saturated heterocycles. The van der Waals surface area contributed by atoms with Gasteiger partial charge in [-0.2, -0.15) is 0 Å².